The summed E-state index contributed by atoms with van der Waals surface area (Å²) in [5, 5.41) is 13.3. The molecule has 0 saturated carbocycles. The smallest absolute Gasteiger partial charge is 0.307 e. The number of carboxylic acid groups (broad SMARTS) is 1. The monoisotopic (exact) mass is 363 g/mol. The maximum Gasteiger partial charge on any atom is 0.307 e. The summed E-state index contributed by atoms with van der Waals surface area (Å²) in [5.74, 6) is -0.778. The molecule has 1 aromatic heterocycles. The largest absolute Gasteiger partial charge is 0.495 e. The molecule has 7 heteroatoms. The molecule has 0 amide bonds. The lowest BCUT2D eigenvalue weighted by Crippen LogP contribution is -2.14. The van der Waals surface area contributed by atoms with Crippen LogP contribution in [0.2, 0.25) is 0 Å². The number of fused-ring (bicyclic) bond motifs is 1. The summed E-state index contributed by atoms with van der Waals surface area (Å²) in [6, 6.07) is 1.70. The summed E-state index contributed by atoms with van der Waals surface area (Å²) in [5.41, 5.74) is 3.10. The van der Waals surface area contributed by atoms with Crippen molar-refractivity contribution in [2.24, 2.45) is 4.99 Å². The quantitative estimate of drug-likeness (QED) is 0.804. The van der Waals surface area contributed by atoms with Crippen LogP contribution < -0.4 is 0 Å². The average molecular weight is 364 g/mol. The molecule has 0 aromatic carbocycles. The lowest BCUT2D eigenvalue weighted by Gasteiger charge is -2.20. The van der Waals surface area contributed by atoms with Crippen molar-refractivity contribution in [2.45, 2.75) is 19.8 Å². The molecule has 0 atom stereocenters. The molecule has 0 fully saturated rings. The Hall–Kier alpha value is -2.18. The van der Waals surface area contributed by atoms with Gasteiger partial charge in [0.1, 0.15) is 11.5 Å². The normalized spacial score (nSPS) is 17.2. The van der Waals surface area contributed by atoms with Crippen molar-refractivity contribution in [3.63, 3.8) is 0 Å². The number of aliphatic imine (C=N–C) groups is 1. The fourth-order valence-corrected chi connectivity index (χ4v) is 3.95. The number of rotatable bonds is 5. The number of ketones is 1. The molecule has 0 unspecified atom stereocenters. The first-order valence-electron chi connectivity index (χ1n) is 7.18. The zero-order valence-electron chi connectivity index (χ0n) is 13.1. The predicted molar refractivity (Wildman–Crippen MR) is 92.6 cm³/mol. The van der Waals surface area contributed by atoms with Gasteiger partial charge in [0.15, 0.2) is 0 Å². The highest BCUT2D eigenvalue weighted by molar-refractivity contribution is 7.08. The Morgan fingerprint density at radius 1 is 1.46 bits per heavy atom. The molecule has 2 heterocycles. The minimum absolute atomic E-state index is 0.182. The van der Waals surface area contributed by atoms with E-state index in [-0.39, 0.29) is 17.9 Å². The van der Waals surface area contributed by atoms with Crippen LogP contribution >= 0.6 is 22.9 Å². The average Bonchev–Trinajstić information content (AvgIpc) is 3.15. The van der Waals surface area contributed by atoms with E-state index >= 15 is 0 Å². The number of halogens is 1. The van der Waals surface area contributed by atoms with Crippen LogP contribution in [0.25, 0.3) is 0 Å². The molecule has 0 saturated heterocycles. The fraction of sp³-hybridized carbons (Fsp3) is 0.235. The molecule has 3 rings (SSSR count). The summed E-state index contributed by atoms with van der Waals surface area (Å²) in [6.07, 6.45) is 0.0421. The van der Waals surface area contributed by atoms with E-state index in [2.05, 4.69) is 4.99 Å². The third-order valence-corrected chi connectivity index (χ3v) is 4.93. The Balaban J connectivity index is 2.16. The molecule has 24 heavy (non-hydrogen) atoms. The molecule has 0 radical (unpaired) electrons. The van der Waals surface area contributed by atoms with Gasteiger partial charge in [0.2, 0.25) is 5.78 Å². The van der Waals surface area contributed by atoms with E-state index in [0.717, 1.165) is 0 Å². The number of carbonyl (C=O) groups is 2. The number of carbonyl (C=O) groups excluding carboxylic acids is 1. The second-order valence-electron chi connectivity index (χ2n) is 5.41. The summed E-state index contributed by atoms with van der Waals surface area (Å²) < 4.78 is 5.33. The van der Waals surface area contributed by atoms with Gasteiger partial charge < -0.3 is 9.84 Å². The number of thiophene rings is 1. The topological polar surface area (TPSA) is 76.0 Å². The minimum Gasteiger partial charge on any atom is -0.495 e. The van der Waals surface area contributed by atoms with Crippen LogP contribution in [0.15, 0.2) is 55.0 Å². The molecule has 0 spiro atoms. The van der Waals surface area contributed by atoms with Gasteiger partial charge in [0.25, 0.3) is 0 Å². The number of ether oxygens (including phenoxy) is 1. The Kier molecular flexibility index (Phi) is 4.43. The zero-order chi connectivity index (χ0) is 17.4. The molecule has 0 bridgehead atoms. The van der Waals surface area contributed by atoms with Gasteiger partial charge in [-0.3, -0.25) is 9.59 Å². The standard InChI is InChI=1S/C17H14ClNO4S/c1-8-14-10(5-13(20)21)15(16(22)9-3-4-24-7-9)19-12(14)6-11(18)17(8)23-2/h3-4,7H,5-6H2,1-2H3,(H,20,21). The van der Waals surface area contributed by atoms with E-state index in [4.69, 9.17) is 16.3 Å². The van der Waals surface area contributed by atoms with Crippen LogP contribution in [0.3, 0.4) is 0 Å². The van der Waals surface area contributed by atoms with Crippen molar-refractivity contribution in [1.82, 2.24) is 0 Å². The van der Waals surface area contributed by atoms with Crippen molar-refractivity contribution in [1.29, 1.82) is 0 Å². The highest BCUT2D eigenvalue weighted by atomic mass is 35.5. The van der Waals surface area contributed by atoms with Crippen LogP contribution in [0.5, 0.6) is 0 Å². The molecule has 1 aliphatic carbocycles. The third kappa shape index (κ3) is 2.72. The van der Waals surface area contributed by atoms with E-state index in [1.54, 1.807) is 23.8 Å². The van der Waals surface area contributed by atoms with Gasteiger partial charge >= 0.3 is 5.97 Å². The van der Waals surface area contributed by atoms with Crippen molar-refractivity contribution in [3.8, 4) is 0 Å². The number of carboxylic acids is 1. The maximum absolute atomic E-state index is 12.7. The van der Waals surface area contributed by atoms with E-state index < -0.39 is 5.97 Å². The van der Waals surface area contributed by atoms with E-state index in [0.29, 0.717) is 45.2 Å². The number of hydrogen-bond donors (Lipinski definition) is 1. The molecule has 124 valence electrons. The SMILES string of the molecule is COC1=C(Cl)CC2=NC(C(=O)c3ccsc3)=C(CC(=O)O)C2=C1C. The van der Waals surface area contributed by atoms with E-state index in [1.807, 2.05) is 0 Å². The Morgan fingerprint density at radius 3 is 2.79 bits per heavy atom. The number of allylic oxidation sites excluding steroid dienone is 4. The zero-order valence-corrected chi connectivity index (χ0v) is 14.6. The van der Waals surface area contributed by atoms with Gasteiger partial charge in [-0.15, -0.1) is 0 Å². The van der Waals surface area contributed by atoms with Crippen LogP contribution in [-0.4, -0.2) is 29.7 Å². The number of nitrogens with zero attached hydrogens (tertiary/aromatic N) is 1. The van der Waals surface area contributed by atoms with E-state index in [9.17, 15) is 14.7 Å². The maximum atomic E-state index is 12.7. The molecular weight excluding hydrogens is 350 g/mol. The van der Waals surface area contributed by atoms with Crippen LogP contribution in [0.4, 0.5) is 0 Å². The van der Waals surface area contributed by atoms with Gasteiger partial charge in [-0.2, -0.15) is 11.3 Å². The van der Waals surface area contributed by atoms with Gasteiger partial charge in [-0.05, 0) is 18.4 Å². The number of aliphatic carboxylic acids is 1. The van der Waals surface area contributed by atoms with Crippen molar-refractivity contribution >= 4 is 40.4 Å². The summed E-state index contributed by atoms with van der Waals surface area (Å²) >= 11 is 7.65. The highest BCUT2D eigenvalue weighted by Gasteiger charge is 2.35. The highest BCUT2D eigenvalue weighted by Crippen LogP contribution is 2.41. The summed E-state index contributed by atoms with van der Waals surface area (Å²) in [4.78, 5) is 28.5. The third-order valence-electron chi connectivity index (χ3n) is 3.94. The lowest BCUT2D eigenvalue weighted by molar-refractivity contribution is -0.136. The Bertz CT molecular complexity index is 859. The van der Waals surface area contributed by atoms with E-state index in [1.165, 1.54) is 18.4 Å². The minimum atomic E-state index is -1.02. The van der Waals surface area contributed by atoms with Crippen LogP contribution in [0.1, 0.15) is 30.1 Å². The van der Waals surface area contributed by atoms with Crippen LogP contribution in [0, 0.1) is 0 Å². The van der Waals surface area contributed by atoms with Crippen molar-refractivity contribution in [2.75, 3.05) is 7.11 Å². The van der Waals surface area contributed by atoms with Crippen molar-refractivity contribution in [3.05, 3.63) is 55.6 Å². The summed E-state index contributed by atoms with van der Waals surface area (Å²) in [7, 11) is 1.51. The van der Waals surface area contributed by atoms with Gasteiger partial charge in [-0.25, -0.2) is 4.99 Å². The molecule has 1 aromatic rings. The Morgan fingerprint density at radius 2 is 2.21 bits per heavy atom. The lowest BCUT2D eigenvalue weighted by atomic mass is 9.88. The van der Waals surface area contributed by atoms with Gasteiger partial charge in [0, 0.05) is 34.1 Å². The number of hydrogen-bond acceptors (Lipinski definition) is 5. The van der Waals surface area contributed by atoms with Gasteiger partial charge in [0.05, 0.1) is 24.3 Å². The Labute approximate surface area is 147 Å². The molecular formula is C17H14ClNO4S. The first-order valence-corrected chi connectivity index (χ1v) is 8.50. The summed E-state index contributed by atoms with van der Waals surface area (Å²) in [6.45, 7) is 1.80. The second-order valence-corrected chi connectivity index (χ2v) is 6.65. The molecule has 5 nitrogen and oxygen atoms in total. The molecule has 1 N–H and O–H groups in total. The van der Waals surface area contributed by atoms with Crippen LogP contribution in [-0.2, 0) is 9.53 Å². The molecule has 2 aliphatic rings. The predicted octanol–water partition coefficient (Wildman–Crippen LogP) is 3.93. The first kappa shape index (κ1) is 16.7. The van der Waals surface area contributed by atoms with Crippen molar-refractivity contribution < 1.29 is 19.4 Å². The number of methoxy groups -OCH3 is 1. The second kappa shape index (κ2) is 6.37. The fourth-order valence-electron chi connectivity index (χ4n) is 2.97. The first-order chi connectivity index (χ1) is 11.4. The molecule has 1 aliphatic heterocycles. The van der Waals surface area contributed by atoms with Gasteiger partial charge in [-0.1, -0.05) is 11.6 Å². The number of Topliss-reactive ketones (excluding diaryl/α,β-unsaturated/α-hetero) is 1.